The van der Waals surface area contributed by atoms with Gasteiger partial charge in [-0.2, -0.15) is 0 Å². The summed E-state index contributed by atoms with van der Waals surface area (Å²) in [5, 5.41) is 28.1. The van der Waals surface area contributed by atoms with Gasteiger partial charge in [-0.05, 0) is 64.2 Å². The maximum atomic E-state index is 12.7. The monoisotopic (exact) mass is 1130 g/mol. The number of halogens is 2. The molecule has 0 aromatic carbocycles. The molecule has 0 fully saturated rings. The van der Waals surface area contributed by atoms with Crippen molar-refractivity contribution in [1.29, 1.82) is 0 Å². The van der Waals surface area contributed by atoms with E-state index in [4.69, 9.17) is 19.1 Å². The lowest BCUT2D eigenvalue weighted by Crippen LogP contribution is -3.00. The Bertz CT molecular complexity index is 1370. The van der Waals surface area contributed by atoms with E-state index in [1.54, 1.807) is 28.2 Å². The Morgan fingerprint density at radius 2 is 0.658 bits per heavy atom. The molecule has 0 bridgehead atoms. The van der Waals surface area contributed by atoms with Gasteiger partial charge in [0.15, 0.2) is 0 Å². The molecule has 0 rings (SSSR count). The molecule has 16 nitrogen and oxygen atoms in total. The minimum atomic E-state index is -0.748. The van der Waals surface area contributed by atoms with Crippen molar-refractivity contribution < 1.29 is 92.2 Å². The Morgan fingerprint density at radius 3 is 0.961 bits per heavy atom. The van der Waals surface area contributed by atoms with Crippen LogP contribution in [0.2, 0.25) is 0 Å². The SMILES string of the molecule is CCCCCCCCC(OC(=O)C[N+](C)(C)OC(C)=O)C(O)CCCCCCCC(=O)NCCCCCCCCCCNC(=O)CCCCCCCC(O)C(CCCCCCCC)OC(=O)C[N+](C)(C)OC(C)=O.[Cl-].[Cl-]. The molecule has 0 saturated carbocycles. The van der Waals surface area contributed by atoms with E-state index in [0.717, 1.165) is 141 Å². The van der Waals surface area contributed by atoms with E-state index in [1.165, 1.54) is 65.2 Å². The molecule has 2 amide bonds. The van der Waals surface area contributed by atoms with Crippen LogP contribution >= 0.6 is 0 Å². The fourth-order valence-electron chi connectivity index (χ4n) is 9.36. The normalized spacial score (nSPS) is 13.0. The molecule has 0 aromatic rings. The van der Waals surface area contributed by atoms with E-state index in [-0.39, 0.29) is 59.0 Å². The standard InChI is InChI=1S/C58H110N4O12.2ClH/c1-9-11-13-15-25-33-41-53(71-57(69)47-61(5,6)73-49(3)63)51(65)39-31-23-21-27-35-43-55(67)59-45-37-29-19-17-18-20-30-38-46-60-56(68)44-36-28-22-24-32-40-52(66)54(42-34-26-16-14-12-10-2)72-58(70)48-62(7,8)74-50(4)64;;/h51-54,65-66H,9-48H2,1-8H3;2*1H. The molecule has 18 heteroatoms. The van der Waals surface area contributed by atoms with Gasteiger partial charge in [0.1, 0.15) is 40.4 Å². The molecule has 0 aliphatic heterocycles. The van der Waals surface area contributed by atoms with Crippen molar-refractivity contribution >= 4 is 35.7 Å². The summed E-state index contributed by atoms with van der Waals surface area (Å²) >= 11 is 0. The van der Waals surface area contributed by atoms with Gasteiger partial charge in [-0.15, -0.1) is 9.29 Å². The molecule has 0 spiro atoms. The minimum absolute atomic E-state index is 0. The molecule has 0 radical (unpaired) electrons. The summed E-state index contributed by atoms with van der Waals surface area (Å²) in [6.07, 6.45) is 31.9. The van der Waals surface area contributed by atoms with Crippen LogP contribution in [0.3, 0.4) is 0 Å². The van der Waals surface area contributed by atoms with E-state index in [2.05, 4.69) is 24.5 Å². The molecular formula is C58H112Cl2N4O12. The van der Waals surface area contributed by atoms with Gasteiger partial charge >= 0.3 is 23.9 Å². The number of quaternary nitrogens is 2. The van der Waals surface area contributed by atoms with Crippen LogP contribution in [-0.4, -0.2) is 134 Å². The number of unbranched alkanes of at least 4 members (excludes halogenated alkanes) is 25. The number of rotatable bonds is 51. The summed E-state index contributed by atoms with van der Waals surface area (Å²) in [4.78, 5) is 83.5. The lowest BCUT2D eigenvalue weighted by molar-refractivity contribution is -1.05. The van der Waals surface area contributed by atoms with Crippen LogP contribution in [-0.2, 0) is 47.9 Å². The van der Waals surface area contributed by atoms with Gasteiger partial charge in [0.25, 0.3) is 0 Å². The third-order valence-electron chi connectivity index (χ3n) is 13.4. The zero-order valence-corrected chi connectivity index (χ0v) is 50.7. The summed E-state index contributed by atoms with van der Waals surface area (Å²) in [5.74, 6) is -1.73. The predicted molar refractivity (Wildman–Crippen MR) is 293 cm³/mol. The van der Waals surface area contributed by atoms with Crippen molar-refractivity contribution in [2.75, 3.05) is 54.4 Å². The summed E-state index contributed by atoms with van der Waals surface area (Å²) in [6.45, 7) is 8.15. The van der Waals surface area contributed by atoms with Gasteiger partial charge in [-0.25, -0.2) is 19.2 Å². The van der Waals surface area contributed by atoms with Gasteiger partial charge in [0, 0.05) is 39.8 Å². The lowest BCUT2D eigenvalue weighted by Gasteiger charge is -2.27. The number of nitrogens with one attached hydrogen (secondary N) is 2. The van der Waals surface area contributed by atoms with Crippen LogP contribution in [0, 0.1) is 0 Å². The van der Waals surface area contributed by atoms with Crippen molar-refractivity contribution in [1.82, 2.24) is 10.6 Å². The molecule has 4 atom stereocenters. The van der Waals surface area contributed by atoms with Gasteiger partial charge < -0.3 is 55.1 Å². The lowest BCUT2D eigenvalue weighted by atomic mass is 9.99. The number of likely N-dealkylation sites (N-methyl/N-ethyl adjacent to an activating group) is 2. The number of amides is 2. The average molecular weight is 1130 g/mol. The summed E-state index contributed by atoms with van der Waals surface area (Å²) < 4.78 is 11.0. The van der Waals surface area contributed by atoms with Crippen LogP contribution in [0.15, 0.2) is 0 Å². The van der Waals surface area contributed by atoms with E-state index in [0.29, 0.717) is 51.6 Å². The Kier molecular flexibility index (Phi) is 51.4. The Morgan fingerprint density at radius 1 is 0.395 bits per heavy atom. The highest BCUT2D eigenvalue weighted by molar-refractivity contribution is 5.76. The van der Waals surface area contributed by atoms with Crippen molar-refractivity contribution in [2.45, 2.75) is 283 Å². The highest BCUT2D eigenvalue weighted by Crippen LogP contribution is 2.21. The molecule has 0 heterocycles. The third kappa shape index (κ3) is 49.5. The van der Waals surface area contributed by atoms with Gasteiger partial charge in [0.2, 0.25) is 24.9 Å². The largest absolute Gasteiger partial charge is 1.00 e. The Hall–Kier alpha value is -2.76. The van der Waals surface area contributed by atoms with Crippen LogP contribution in [0.25, 0.3) is 0 Å². The first-order chi connectivity index (χ1) is 35.3. The Balaban J connectivity index is -0.0000266. The van der Waals surface area contributed by atoms with E-state index in [9.17, 15) is 39.0 Å². The topological polar surface area (TPSA) is 204 Å². The van der Waals surface area contributed by atoms with Gasteiger partial charge in [-0.3, -0.25) is 19.3 Å². The average Bonchev–Trinajstić information content (AvgIpc) is 3.31. The second-order valence-electron chi connectivity index (χ2n) is 22.1. The summed E-state index contributed by atoms with van der Waals surface area (Å²) in [7, 11) is 6.48. The first-order valence-electron chi connectivity index (χ1n) is 29.7. The second-order valence-corrected chi connectivity index (χ2v) is 22.1. The minimum Gasteiger partial charge on any atom is -1.00 e. The number of nitrogens with zero attached hydrogens (tertiary/aromatic N) is 2. The third-order valence-corrected chi connectivity index (χ3v) is 13.4. The van der Waals surface area contributed by atoms with Crippen LogP contribution < -0.4 is 35.4 Å². The molecule has 0 aliphatic carbocycles. The number of hydroxylamine groups is 6. The number of hydrogen-bond donors (Lipinski definition) is 4. The molecule has 4 N–H and O–H groups in total. The van der Waals surface area contributed by atoms with Gasteiger partial charge in [0.05, 0.1) is 12.2 Å². The number of aliphatic hydroxyl groups excluding tert-OH is 2. The van der Waals surface area contributed by atoms with E-state index >= 15 is 0 Å². The zero-order chi connectivity index (χ0) is 55.3. The molecule has 76 heavy (non-hydrogen) atoms. The van der Waals surface area contributed by atoms with E-state index < -0.39 is 48.3 Å². The number of carbonyl (C=O) groups is 6. The number of aliphatic hydroxyl groups is 2. The predicted octanol–water partition coefficient (Wildman–Crippen LogP) is 4.96. The molecule has 0 aromatic heterocycles. The first kappa shape index (κ1) is 77.5. The summed E-state index contributed by atoms with van der Waals surface area (Å²) in [5.41, 5.74) is 0. The number of hydrogen-bond acceptors (Lipinski definition) is 12. The quantitative estimate of drug-likeness (QED) is 0.0276. The van der Waals surface area contributed by atoms with Crippen LogP contribution in [0.1, 0.15) is 259 Å². The Labute approximate surface area is 474 Å². The molecule has 450 valence electrons. The number of esters is 2. The molecular weight excluding hydrogens is 1020 g/mol. The van der Waals surface area contributed by atoms with Crippen LogP contribution in [0.5, 0.6) is 0 Å². The highest BCUT2D eigenvalue weighted by atomic mass is 35.5. The fraction of sp³-hybridized carbons (Fsp3) is 0.897. The van der Waals surface area contributed by atoms with Crippen molar-refractivity contribution in [3.8, 4) is 0 Å². The molecule has 0 aliphatic rings. The highest BCUT2D eigenvalue weighted by Gasteiger charge is 2.31. The number of ether oxygens (including phenoxy) is 2. The summed E-state index contributed by atoms with van der Waals surface area (Å²) in [6, 6.07) is 0. The van der Waals surface area contributed by atoms with Crippen molar-refractivity contribution in [2.24, 2.45) is 0 Å². The number of carbonyl (C=O) groups excluding carboxylic acids is 6. The maximum Gasteiger partial charge on any atom is 0.366 e. The zero-order valence-electron chi connectivity index (χ0n) is 49.2. The van der Waals surface area contributed by atoms with Crippen molar-refractivity contribution in [3.63, 3.8) is 0 Å². The fourth-order valence-corrected chi connectivity index (χ4v) is 9.36. The molecule has 0 saturated heterocycles. The first-order valence-corrected chi connectivity index (χ1v) is 29.7. The molecule has 4 unspecified atom stereocenters. The van der Waals surface area contributed by atoms with Gasteiger partial charge in [-0.1, -0.05) is 168 Å². The maximum absolute atomic E-state index is 12.7. The van der Waals surface area contributed by atoms with E-state index in [1.807, 2.05) is 0 Å². The van der Waals surface area contributed by atoms with Crippen LogP contribution in [0.4, 0.5) is 0 Å². The smallest absolute Gasteiger partial charge is 0.366 e. The second kappa shape index (κ2) is 50.5. The van der Waals surface area contributed by atoms with Crippen molar-refractivity contribution in [3.05, 3.63) is 0 Å².